The summed E-state index contributed by atoms with van der Waals surface area (Å²) in [5.74, 6) is 1.45. The van der Waals surface area contributed by atoms with Crippen molar-refractivity contribution in [2.24, 2.45) is 5.92 Å². The number of carbonyl (C=O) groups is 1. The summed E-state index contributed by atoms with van der Waals surface area (Å²) in [4.78, 5) is 25.3. The molecule has 1 fully saturated rings. The Labute approximate surface area is 160 Å². The molecule has 1 atom stereocenters. The number of fused-ring (bicyclic) bond motifs is 1. The van der Waals surface area contributed by atoms with Gasteiger partial charge in [-0.3, -0.25) is 0 Å². The molecule has 1 amide bonds. The highest BCUT2D eigenvalue weighted by Gasteiger charge is 2.28. The van der Waals surface area contributed by atoms with E-state index in [1.54, 1.807) is 0 Å². The molecule has 2 N–H and O–H groups in total. The van der Waals surface area contributed by atoms with Gasteiger partial charge in [0.1, 0.15) is 5.60 Å². The first-order chi connectivity index (χ1) is 12.7. The minimum absolute atomic E-state index is 0.236. The fourth-order valence-electron chi connectivity index (χ4n) is 3.47. The van der Waals surface area contributed by atoms with Gasteiger partial charge in [0, 0.05) is 26.7 Å². The summed E-state index contributed by atoms with van der Waals surface area (Å²) < 4.78 is 5.51. The lowest BCUT2D eigenvalue weighted by atomic mass is 9.98. The third-order valence-electron chi connectivity index (χ3n) is 4.64. The highest BCUT2D eigenvalue weighted by atomic mass is 16.6. The molecular weight excluding hydrogens is 342 g/mol. The minimum Gasteiger partial charge on any atom is -0.444 e. The van der Waals surface area contributed by atoms with Crippen molar-refractivity contribution in [3.05, 3.63) is 24.3 Å². The van der Waals surface area contributed by atoms with E-state index in [4.69, 9.17) is 10.5 Å². The molecule has 7 heteroatoms. The van der Waals surface area contributed by atoms with Crippen molar-refractivity contribution in [1.29, 1.82) is 0 Å². The topological polar surface area (TPSA) is 84.6 Å². The highest BCUT2D eigenvalue weighted by Crippen LogP contribution is 2.25. The van der Waals surface area contributed by atoms with Gasteiger partial charge < -0.3 is 20.3 Å². The Morgan fingerprint density at radius 1 is 1.30 bits per heavy atom. The number of hydrogen-bond acceptors (Lipinski definition) is 6. The molecule has 1 aliphatic rings. The molecular formula is C20H29N5O2. The second-order valence-electron chi connectivity index (χ2n) is 8.24. The first-order valence-electron chi connectivity index (χ1n) is 9.44. The van der Waals surface area contributed by atoms with Crippen LogP contribution in [0.25, 0.3) is 11.0 Å². The van der Waals surface area contributed by atoms with Gasteiger partial charge in [-0.1, -0.05) is 12.1 Å². The first kappa shape index (κ1) is 19.2. The molecule has 0 radical (unpaired) electrons. The largest absolute Gasteiger partial charge is 0.444 e. The average molecular weight is 371 g/mol. The Morgan fingerprint density at radius 2 is 1.96 bits per heavy atom. The van der Waals surface area contributed by atoms with Gasteiger partial charge in [0.05, 0.1) is 11.0 Å². The molecule has 1 aliphatic heterocycles. The van der Waals surface area contributed by atoms with Crippen molar-refractivity contribution in [2.45, 2.75) is 39.2 Å². The number of anilines is 2. The fourth-order valence-corrected chi connectivity index (χ4v) is 3.47. The normalized spacial score (nSPS) is 17.8. The zero-order valence-corrected chi connectivity index (χ0v) is 16.6. The Hall–Kier alpha value is -2.57. The van der Waals surface area contributed by atoms with E-state index in [1.165, 1.54) is 0 Å². The van der Waals surface area contributed by atoms with Gasteiger partial charge in [-0.25, -0.2) is 14.8 Å². The van der Waals surface area contributed by atoms with Crippen molar-refractivity contribution >= 4 is 28.8 Å². The molecule has 0 unspecified atom stereocenters. The number of piperidine rings is 1. The van der Waals surface area contributed by atoms with Crippen LogP contribution >= 0.6 is 0 Å². The molecule has 0 bridgehead atoms. The van der Waals surface area contributed by atoms with Crippen molar-refractivity contribution in [3.63, 3.8) is 0 Å². The molecule has 2 heterocycles. The van der Waals surface area contributed by atoms with Gasteiger partial charge in [-0.15, -0.1) is 0 Å². The lowest BCUT2D eigenvalue weighted by molar-refractivity contribution is 0.0170. The summed E-state index contributed by atoms with van der Waals surface area (Å²) in [6.07, 6.45) is 1.79. The molecule has 1 saturated heterocycles. The standard InChI is InChI=1S/C20H29N5O2/c1-20(2,3)27-19(26)25-11-7-8-14(13-25)12-24(4)18-17(21)22-15-9-5-6-10-16(15)23-18/h5-6,9-10,14H,7-8,11-13H2,1-4H3,(H2,21,22)/t14-/m0/s1. The number of para-hydroxylation sites is 2. The number of nitrogens with zero attached hydrogens (tertiary/aromatic N) is 4. The van der Waals surface area contributed by atoms with Gasteiger partial charge in [0.25, 0.3) is 0 Å². The SMILES string of the molecule is CN(C[C@@H]1CCCN(C(=O)OC(C)(C)C)C1)c1nc2ccccc2nc1N. The third kappa shape index (κ3) is 4.78. The van der Waals surface area contributed by atoms with Gasteiger partial charge in [0.2, 0.25) is 0 Å². The number of hydrogen-bond donors (Lipinski definition) is 1. The van der Waals surface area contributed by atoms with Gasteiger partial charge in [-0.05, 0) is 51.7 Å². The predicted octanol–water partition coefficient (Wildman–Crippen LogP) is 3.30. The number of carbonyl (C=O) groups excluding carboxylic acids is 1. The van der Waals surface area contributed by atoms with E-state index in [-0.39, 0.29) is 6.09 Å². The predicted molar refractivity (Wildman–Crippen MR) is 108 cm³/mol. The summed E-state index contributed by atoms with van der Waals surface area (Å²) >= 11 is 0. The molecule has 146 valence electrons. The van der Waals surface area contributed by atoms with Crippen LogP contribution in [-0.2, 0) is 4.74 Å². The maximum absolute atomic E-state index is 12.4. The van der Waals surface area contributed by atoms with Crippen molar-refractivity contribution in [1.82, 2.24) is 14.9 Å². The maximum Gasteiger partial charge on any atom is 0.410 e. The number of amides is 1. The number of ether oxygens (including phenoxy) is 1. The highest BCUT2D eigenvalue weighted by molar-refractivity contribution is 5.79. The van der Waals surface area contributed by atoms with Crippen LogP contribution in [0.2, 0.25) is 0 Å². The summed E-state index contributed by atoms with van der Waals surface area (Å²) in [5, 5.41) is 0. The van der Waals surface area contributed by atoms with E-state index in [0.29, 0.717) is 24.1 Å². The molecule has 0 aliphatic carbocycles. The number of likely N-dealkylation sites (tertiary alicyclic amines) is 1. The van der Waals surface area contributed by atoms with E-state index in [0.717, 1.165) is 37.0 Å². The molecule has 0 saturated carbocycles. The number of rotatable bonds is 3. The summed E-state index contributed by atoms with van der Waals surface area (Å²) in [5.41, 5.74) is 7.28. The van der Waals surface area contributed by atoms with Crippen LogP contribution in [0.3, 0.4) is 0 Å². The van der Waals surface area contributed by atoms with Crippen LogP contribution in [0.5, 0.6) is 0 Å². The summed E-state index contributed by atoms with van der Waals surface area (Å²) in [6.45, 7) is 7.85. The smallest absolute Gasteiger partial charge is 0.410 e. The van der Waals surface area contributed by atoms with Crippen LogP contribution in [0.15, 0.2) is 24.3 Å². The van der Waals surface area contributed by atoms with Crippen molar-refractivity contribution < 1.29 is 9.53 Å². The molecule has 27 heavy (non-hydrogen) atoms. The number of aromatic nitrogens is 2. The molecule has 7 nitrogen and oxygen atoms in total. The lowest BCUT2D eigenvalue weighted by Crippen LogP contribution is -2.45. The molecule has 1 aromatic heterocycles. The van der Waals surface area contributed by atoms with Gasteiger partial charge >= 0.3 is 6.09 Å². The Balaban J connectivity index is 1.68. The monoisotopic (exact) mass is 371 g/mol. The molecule has 2 aromatic rings. The number of nitrogen functional groups attached to an aromatic ring is 1. The Bertz CT molecular complexity index is 818. The van der Waals surface area contributed by atoms with Crippen molar-refractivity contribution in [3.8, 4) is 0 Å². The van der Waals surface area contributed by atoms with E-state index in [1.807, 2.05) is 61.9 Å². The van der Waals surface area contributed by atoms with E-state index in [2.05, 4.69) is 9.97 Å². The van der Waals surface area contributed by atoms with Crippen LogP contribution in [0.4, 0.5) is 16.4 Å². The summed E-state index contributed by atoms with van der Waals surface area (Å²) in [6, 6.07) is 7.70. The number of nitrogens with two attached hydrogens (primary N) is 1. The van der Waals surface area contributed by atoms with Crippen molar-refractivity contribution in [2.75, 3.05) is 37.3 Å². The fraction of sp³-hybridized carbons (Fsp3) is 0.550. The van der Waals surface area contributed by atoms with E-state index < -0.39 is 5.60 Å². The zero-order valence-electron chi connectivity index (χ0n) is 16.6. The van der Waals surface area contributed by atoms with Crippen LogP contribution in [0, 0.1) is 5.92 Å². The Morgan fingerprint density at radius 3 is 2.63 bits per heavy atom. The average Bonchev–Trinajstić information content (AvgIpc) is 2.60. The maximum atomic E-state index is 12.4. The van der Waals surface area contributed by atoms with Crippen LogP contribution < -0.4 is 10.6 Å². The van der Waals surface area contributed by atoms with E-state index in [9.17, 15) is 4.79 Å². The quantitative estimate of drug-likeness (QED) is 0.891. The first-order valence-corrected chi connectivity index (χ1v) is 9.44. The van der Waals surface area contributed by atoms with Gasteiger partial charge in [0.15, 0.2) is 11.6 Å². The zero-order chi connectivity index (χ0) is 19.6. The molecule has 1 aromatic carbocycles. The summed E-state index contributed by atoms with van der Waals surface area (Å²) in [7, 11) is 1.97. The second kappa shape index (κ2) is 7.58. The molecule has 3 rings (SSSR count). The second-order valence-corrected chi connectivity index (χ2v) is 8.24. The third-order valence-corrected chi connectivity index (χ3v) is 4.64. The van der Waals surface area contributed by atoms with E-state index >= 15 is 0 Å². The van der Waals surface area contributed by atoms with Crippen LogP contribution in [-0.4, -0.2) is 53.2 Å². The Kier molecular flexibility index (Phi) is 5.39. The van der Waals surface area contributed by atoms with Gasteiger partial charge in [-0.2, -0.15) is 0 Å². The minimum atomic E-state index is -0.476. The number of benzene rings is 1. The lowest BCUT2D eigenvalue weighted by Gasteiger charge is -2.36. The van der Waals surface area contributed by atoms with Crippen LogP contribution in [0.1, 0.15) is 33.6 Å². The molecule has 0 spiro atoms.